The molecule has 2 aliphatic rings. The van der Waals surface area contributed by atoms with Gasteiger partial charge in [0.05, 0.1) is 12.6 Å². The second-order valence-electron chi connectivity index (χ2n) is 7.27. The van der Waals surface area contributed by atoms with E-state index in [2.05, 4.69) is 9.80 Å². The lowest BCUT2D eigenvalue weighted by molar-refractivity contribution is -0.134. The number of β-amino-alcohol motifs (C(OH)–C–C–N with tert-alkyl or cyclic N) is 1. The molecule has 0 spiro atoms. The molecule has 1 heterocycles. The van der Waals surface area contributed by atoms with Crippen LogP contribution < -0.4 is 0 Å². The lowest BCUT2D eigenvalue weighted by Gasteiger charge is -2.36. The first-order valence-electron chi connectivity index (χ1n) is 9.18. The second-order valence-corrected chi connectivity index (χ2v) is 7.27. The number of piperazine rings is 1. The number of carbonyl (C=O) groups is 1. The van der Waals surface area contributed by atoms with Crippen LogP contribution in [0.1, 0.15) is 25.3 Å². The van der Waals surface area contributed by atoms with Crippen LogP contribution in [0.2, 0.25) is 0 Å². The van der Waals surface area contributed by atoms with Gasteiger partial charge in [-0.15, -0.1) is 0 Å². The van der Waals surface area contributed by atoms with E-state index in [0.29, 0.717) is 25.2 Å². The summed E-state index contributed by atoms with van der Waals surface area (Å²) in [6, 6.07) is 6.96. The van der Waals surface area contributed by atoms with Crippen molar-refractivity contribution in [2.45, 2.75) is 38.5 Å². The van der Waals surface area contributed by atoms with Crippen LogP contribution in [0.5, 0.6) is 0 Å². The fraction of sp³-hybridized carbons (Fsp3) is 0.632. The summed E-state index contributed by atoms with van der Waals surface area (Å²) in [5.41, 5.74) is 0.588. The maximum Gasteiger partial charge on any atom is 0.237 e. The van der Waals surface area contributed by atoms with Crippen molar-refractivity contribution in [3.05, 3.63) is 35.6 Å². The minimum Gasteiger partial charge on any atom is -0.392 e. The monoisotopic (exact) mass is 349 g/mol. The van der Waals surface area contributed by atoms with E-state index < -0.39 is 0 Å². The molecule has 6 heteroatoms. The average molecular weight is 349 g/mol. The Morgan fingerprint density at radius 2 is 1.88 bits per heavy atom. The SMILES string of the molecule is C[C@@H](O)CN1CCN(CC(=O)N(Cc2ccccc2F)C2CC2)CC1. The molecule has 1 aromatic rings. The molecule has 0 bridgehead atoms. The minimum absolute atomic E-state index is 0.0923. The molecule has 0 radical (unpaired) electrons. The van der Waals surface area contributed by atoms with Gasteiger partial charge in [0.1, 0.15) is 5.82 Å². The summed E-state index contributed by atoms with van der Waals surface area (Å²) in [5.74, 6) is -0.151. The number of nitrogens with zero attached hydrogens (tertiary/aromatic N) is 3. The molecule has 1 atom stereocenters. The highest BCUT2D eigenvalue weighted by molar-refractivity contribution is 5.79. The molecule has 25 heavy (non-hydrogen) atoms. The van der Waals surface area contributed by atoms with E-state index in [4.69, 9.17) is 0 Å². The van der Waals surface area contributed by atoms with Crippen molar-refractivity contribution < 1.29 is 14.3 Å². The van der Waals surface area contributed by atoms with Gasteiger partial charge in [0.15, 0.2) is 0 Å². The third-order valence-electron chi connectivity index (χ3n) is 4.95. The number of rotatable bonds is 7. The molecule has 5 nitrogen and oxygen atoms in total. The standard InChI is InChI=1S/C19H28FN3O2/c1-15(24)12-21-8-10-22(11-9-21)14-19(25)23(17-6-7-17)13-16-4-2-3-5-18(16)20/h2-5,15,17,24H,6-14H2,1H3/t15-/m1/s1. The Hall–Kier alpha value is -1.50. The molecule has 138 valence electrons. The van der Waals surface area contributed by atoms with E-state index in [1.807, 2.05) is 11.0 Å². The zero-order valence-electron chi connectivity index (χ0n) is 14.9. The first-order chi connectivity index (χ1) is 12.0. The zero-order valence-corrected chi connectivity index (χ0v) is 14.9. The van der Waals surface area contributed by atoms with E-state index >= 15 is 0 Å². The molecule has 1 amide bonds. The number of amides is 1. The topological polar surface area (TPSA) is 47.0 Å². The van der Waals surface area contributed by atoms with Gasteiger partial charge in [-0.05, 0) is 25.8 Å². The van der Waals surface area contributed by atoms with Crippen molar-refractivity contribution in [2.75, 3.05) is 39.3 Å². The second kappa shape index (κ2) is 8.25. The lowest BCUT2D eigenvalue weighted by atomic mass is 10.2. The van der Waals surface area contributed by atoms with Crippen LogP contribution >= 0.6 is 0 Å². The van der Waals surface area contributed by atoms with Gasteiger partial charge in [-0.1, -0.05) is 18.2 Å². The number of hydrogen-bond donors (Lipinski definition) is 1. The van der Waals surface area contributed by atoms with Crippen LogP contribution in [-0.2, 0) is 11.3 Å². The molecule has 3 rings (SSSR count). The quantitative estimate of drug-likeness (QED) is 0.806. The number of halogens is 1. The van der Waals surface area contributed by atoms with Crippen molar-refractivity contribution in [1.29, 1.82) is 0 Å². The average Bonchev–Trinajstić information content (AvgIpc) is 3.40. The summed E-state index contributed by atoms with van der Waals surface area (Å²) in [4.78, 5) is 19.0. The maximum atomic E-state index is 13.9. The van der Waals surface area contributed by atoms with Crippen LogP contribution in [-0.4, -0.2) is 77.1 Å². The van der Waals surface area contributed by atoms with Crippen LogP contribution in [0.15, 0.2) is 24.3 Å². The number of benzene rings is 1. The van der Waals surface area contributed by atoms with Gasteiger partial charge in [-0.2, -0.15) is 0 Å². The van der Waals surface area contributed by atoms with Gasteiger partial charge in [0.2, 0.25) is 5.91 Å². The highest BCUT2D eigenvalue weighted by Gasteiger charge is 2.34. The van der Waals surface area contributed by atoms with Crippen molar-refractivity contribution >= 4 is 5.91 Å². The van der Waals surface area contributed by atoms with Gasteiger partial charge >= 0.3 is 0 Å². The Labute approximate surface area is 149 Å². The Morgan fingerprint density at radius 3 is 2.48 bits per heavy atom. The highest BCUT2D eigenvalue weighted by Crippen LogP contribution is 2.29. The van der Waals surface area contributed by atoms with Crippen molar-refractivity contribution in [3.8, 4) is 0 Å². The molecule has 1 aliphatic heterocycles. The predicted octanol–water partition coefficient (Wildman–Crippen LogP) is 1.32. The van der Waals surface area contributed by atoms with Crippen molar-refractivity contribution in [3.63, 3.8) is 0 Å². The van der Waals surface area contributed by atoms with E-state index in [1.54, 1.807) is 19.1 Å². The third-order valence-corrected chi connectivity index (χ3v) is 4.95. The summed E-state index contributed by atoms with van der Waals surface area (Å²) in [6.07, 6.45) is 1.71. The normalized spacial score (nSPS) is 20.4. The third kappa shape index (κ3) is 5.23. The van der Waals surface area contributed by atoms with Gasteiger partial charge in [-0.25, -0.2) is 4.39 Å². The summed E-state index contributed by atoms with van der Waals surface area (Å²) in [6.45, 7) is 6.64. The van der Waals surface area contributed by atoms with Crippen LogP contribution in [0.25, 0.3) is 0 Å². The Balaban J connectivity index is 1.53. The Morgan fingerprint density at radius 1 is 1.24 bits per heavy atom. The molecule has 1 saturated heterocycles. The summed E-state index contributed by atoms with van der Waals surface area (Å²) < 4.78 is 13.9. The molecule has 1 aliphatic carbocycles. The van der Waals surface area contributed by atoms with Gasteiger partial charge in [0, 0.05) is 50.9 Å². The minimum atomic E-state index is -0.320. The van der Waals surface area contributed by atoms with Gasteiger partial charge in [-0.3, -0.25) is 14.6 Å². The summed E-state index contributed by atoms with van der Waals surface area (Å²) >= 11 is 0. The summed E-state index contributed by atoms with van der Waals surface area (Å²) in [5, 5.41) is 9.47. The molecule has 2 fully saturated rings. The van der Waals surface area contributed by atoms with Crippen molar-refractivity contribution in [2.24, 2.45) is 0 Å². The number of aliphatic hydroxyl groups excluding tert-OH is 1. The van der Waals surface area contributed by atoms with E-state index in [0.717, 1.165) is 39.0 Å². The predicted molar refractivity (Wildman–Crippen MR) is 94.5 cm³/mol. The largest absolute Gasteiger partial charge is 0.392 e. The number of carbonyl (C=O) groups excluding carboxylic acids is 1. The molecule has 1 aromatic carbocycles. The molecule has 0 unspecified atom stereocenters. The number of aliphatic hydroxyl groups is 1. The van der Waals surface area contributed by atoms with Crippen LogP contribution in [0.3, 0.4) is 0 Å². The molecular formula is C19H28FN3O2. The maximum absolute atomic E-state index is 13.9. The first-order valence-corrected chi connectivity index (χ1v) is 9.18. The molecule has 0 aromatic heterocycles. The van der Waals surface area contributed by atoms with E-state index in [9.17, 15) is 14.3 Å². The Kier molecular flexibility index (Phi) is 6.04. The van der Waals surface area contributed by atoms with Gasteiger partial charge < -0.3 is 10.0 Å². The van der Waals surface area contributed by atoms with Crippen molar-refractivity contribution in [1.82, 2.24) is 14.7 Å². The van der Waals surface area contributed by atoms with E-state index in [-0.39, 0.29) is 23.9 Å². The van der Waals surface area contributed by atoms with Gasteiger partial charge in [0.25, 0.3) is 0 Å². The highest BCUT2D eigenvalue weighted by atomic mass is 19.1. The molecule has 1 saturated carbocycles. The first kappa shape index (κ1) is 18.3. The number of hydrogen-bond acceptors (Lipinski definition) is 4. The van der Waals surface area contributed by atoms with E-state index in [1.165, 1.54) is 6.07 Å². The molecule has 1 N–H and O–H groups in total. The summed E-state index contributed by atoms with van der Waals surface area (Å²) in [7, 11) is 0. The Bertz CT molecular complexity index is 584. The van der Waals surface area contributed by atoms with Crippen LogP contribution in [0, 0.1) is 5.82 Å². The zero-order chi connectivity index (χ0) is 17.8. The smallest absolute Gasteiger partial charge is 0.237 e. The fourth-order valence-corrected chi connectivity index (χ4v) is 3.40. The molecular weight excluding hydrogens is 321 g/mol. The lowest BCUT2D eigenvalue weighted by Crippen LogP contribution is -2.51. The van der Waals surface area contributed by atoms with Crippen LogP contribution in [0.4, 0.5) is 4.39 Å². The fourth-order valence-electron chi connectivity index (χ4n) is 3.40.